The maximum Gasteiger partial charge on any atom is 0.188 e. The highest BCUT2D eigenvalue weighted by molar-refractivity contribution is 5.77. The van der Waals surface area contributed by atoms with Gasteiger partial charge in [0.2, 0.25) is 0 Å². The van der Waals surface area contributed by atoms with Crippen LogP contribution in [0.5, 0.6) is 0 Å². The first-order valence-corrected chi connectivity index (χ1v) is 8.37. The molecule has 1 atom stereocenters. The van der Waals surface area contributed by atoms with Crippen molar-refractivity contribution in [3.05, 3.63) is 0 Å². The van der Waals surface area contributed by atoms with E-state index in [2.05, 4.69) is 27.0 Å². The van der Waals surface area contributed by atoms with Crippen molar-refractivity contribution in [1.82, 2.24) is 15.1 Å². The quantitative estimate of drug-likeness (QED) is 0.396. The summed E-state index contributed by atoms with van der Waals surface area (Å²) in [6, 6.07) is 0.587. The predicted molar refractivity (Wildman–Crippen MR) is 86.6 cm³/mol. The maximum absolute atomic E-state index is 5.94. The minimum atomic E-state index is 0.587. The number of nitrogens with one attached hydrogen (secondary N) is 1. The lowest BCUT2D eigenvalue weighted by molar-refractivity contribution is 0.0376. The largest absolute Gasteiger partial charge is 0.379 e. The van der Waals surface area contributed by atoms with Crippen LogP contribution in [0.15, 0.2) is 4.99 Å². The van der Waals surface area contributed by atoms with Gasteiger partial charge in [0, 0.05) is 25.7 Å². The molecule has 6 nitrogen and oxygen atoms in total. The summed E-state index contributed by atoms with van der Waals surface area (Å²) in [5.41, 5.74) is 5.94. The van der Waals surface area contributed by atoms with E-state index in [0.717, 1.165) is 58.9 Å². The topological polar surface area (TPSA) is 66.1 Å². The zero-order chi connectivity index (χ0) is 14.9. The van der Waals surface area contributed by atoms with Crippen molar-refractivity contribution >= 4 is 5.96 Å². The van der Waals surface area contributed by atoms with Gasteiger partial charge in [-0.1, -0.05) is 6.92 Å². The fourth-order valence-corrected chi connectivity index (χ4v) is 3.12. The van der Waals surface area contributed by atoms with Gasteiger partial charge in [-0.15, -0.1) is 0 Å². The van der Waals surface area contributed by atoms with Crippen molar-refractivity contribution in [3.8, 4) is 0 Å². The number of nitrogens with zero attached hydrogens (tertiary/aromatic N) is 3. The highest BCUT2D eigenvalue weighted by atomic mass is 16.5. The summed E-state index contributed by atoms with van der Waals surface area (Å²) in [5, 5.41) is 3.23. The third kappa shape index (κ3) is 5.80. The van der Waals surface area contributed by atoms with Crippen molar-refractivity contribution in [2.45, 2.75) is 32.2 Å². The molecule has 0 radical (unpaired) electrons. The van der Waals surface area contributed by atoms with Gasteiger partial charge in [-0.05, 0) is 38.9 Å². The van der Waals surface area contributed by atoms with Gasteiger partial charge < -0.3 is 15.8 Å². The number of likely N-dealkylation sites (N-methyl/N-ethyl adjacent to an activating group) is 1. The van der Waals surface area contributed by atoms with Gasteiger partial charge in [-0.2, -0.15) is 0 Å². The second-order valence-electron chi connectivity index (χ2n) is 5.88. The van der Waals surface area contributed by atoms with Crippen LogP contribution in [-0.2, 0) is 4.74 Å². The smallest absolute Gasteiger partial charge is 0.188 e. The van der Waals surface area contributed by atoms with E-state index in [4.69, 9.17) is 10.5 Å². The zero-order valence-electron chi connectivity index (χ0n) is 13.4. The predicted octanol–water partition coefficient (Wildman–Crippen LogP) is 0.0973. The average Bonchev–Trinajstić information content (AvgIpc) is 2.98. The van der Waals surface area contributed by atoms with Crippen molar-refractivity contribution in [3.63, 3.8) is 0 Å². The van der Waals surface area contributed by atoms with Crippen LogP contribution in [0.3, 0.4) is 0 Å². The first kappa shape index (κ1) is 16.5. The number of likely N-dealkylation sites (tertiary alicyclic amines) is 1. The van der Waals surface area contributed by atoms with Crippen LogP contribution < -0.4 is 11.1 Å². The average molecular weight is 297 g/mol. The summed E-state index contributed by atoms with van der Waals surface area (Å²) in [6.45, 7) is 11.2. The maximum atomic E-state index is 5.94. The Morgan fingerprint density at radius 3 is 2.90 bits per heavy atom. The fraction of sp³-hybridized carbons (Fsp3) is 0.933. The van der Waals surface area contributed by atoms with E-state index in [1.807, 2.05) is 0 Å². The first-order chi connectivity index (χ1) is 10.3. The lowest BCUT2D eigenvalue weighted by Gasteiger charge is -2.26. The number of rotatable bonds is 7. The van der Waals surface area contributed by atoms with E-state index in [1.165, 1.54) is 19.4 Å². The minimum Gasteiger partial charge on any atom is -0.379 e. The van der Waals surface area contributed by atoms with E-state index in [1.54, 1.807) is 0 Å². The van der Waals surface area contributed by atoms with Crippen LogP contribution in [0.25, 0.3) is 0 Å². The molecule has 1 unspecified atom stereocenters. The van der Waals surface area contributed by atoms with Crippen molar-refractivity contribution in [2.75, 3.05) is 59.0 Å². The lowest BCUT2D eigenvalue weighted by atomic mass is 10.2. The molecule has 0 amide bonds. The van der Waals surface area contributed by atoms with Crippen LogP contribution in [0.4, 0.5) is 0 Å². The molecule has 0 aromatic heterocycles. The van der Waals surface area contributed by atoms with Gasteiger partial charge in [0.05, 0.1) is 19.8 Å². The SMILES string of the molecule is CCN1CCCC1CN=C(N)NCCCN1CCOCC1. The molecule has 2 rings (SSSR count). The molecular formula is C15H31N5O. The Morgan fingerprint density at radius 1 is 1.33 bits per heavy atom. The van der Waals surface area contributed by atoms with E-state index < -0.39 is 0 Å². The number of hydrogen-bond acceptors (Lipinski definition) is 4. The Balaban J connectivity index is 1.55. The Kier molecular flexibility index (Phi) is 7.26. The van der Waals surface area contributed by atoms with Gasteiger partial charge in [0.15, 0.2) is 5.96 Å². The third-order valence-corrected chi connectivity index (χ3v) is 4.44. The van der Waals surface area contributed by atoms with Crippen LogP contribution in [-0.4, -0.2) is 80.8 Å². The summed E-state index contributed by atoms with van der Waals surface area (Å²) in [6.07, 6.45) is 3.64. The van der Waals surface area contributed by atoms with Gasteiger partial charge in [0.1, 0.15) is 0 Å². The van der Waals surface area contributed by atoms with E-state index >= 15 is 0 Å². The van der Waals surface area contributed by atoms with E-state index in [0.29, 0.717) is 12.0 Å². The molecule has 0 aromatic carbocycles. The van der Waals surface area contributed by atoms with Gasteiger partial charge in [0.25, 0.3) is 0 Å². The van der Waals surface area contributed by atoms with Crippen LogP contribution in [0, 0.1) is 0 Å². The van der Waals surface area contributed by atoms with E-state index in [9.17, 15) is 0 Å². The summed E-state index contributed by atoms with van der Waals surface area (Å²) in [4.78, 5) is 9.43. The first-order valence-electron chi connectivity index (χ1n) is 8.37. The summed E-state index contributed by atoms with van der Waals surface area (Å²) in [5.74, 6) is 0.597. The Bertz CT molecular complexity index is 317. The molecule has 2 saturated heterocycles. The summed E-state index contributed by atoms with van der Waals surface area (Å²) >= 11 is 0. The van der Waals surface area contributed by atoms with Crippen molar-refractivity contribution in [1.29, 1.82) is 0 Å². The number of ether oxygens (including phenoxy) is 1. The molecule has 0 aromatic rings. The molecule has 3 N–H and O–H groups in total. The van der Waals surface area contributed by atoms with Crippen molar-refractivity contribution in [2.24, 2.45) is 10.7 Å². The number of morpholine rings is 1. The Morgan fingerprint density at radius 2 is 2.14 bits per heavy atom. The lowest BCUT2D eigenvalue weighted by Crippen LogP contribution is -2.39. The van der Waals surface area contributed by atoms with Crippen LogP contribution >= 0.6 is 0 Å². The van der Waals surface area contributed by atoms with Crippen molar-refractivity contribution < 1.29 is 4.74 Å². The highest BCUT2D eigenvalue weighted by Gasteiger charge is 2.22. The molecular weight excluding hydrogens is 266 g/mol. The van der Waals surface area contributed by atoms with Gasteiger partial charge in [-0.25, -0.2) is 0 Å². The molecule has 2 heterocycles. The zero-order valence-corrected chi connectivity index (χ0v) is 13.4. The molecule has 2 fully saturated rings. The molecule has 6 heteroatoms. The van der Waals surface area contributed by atoms with Crippen LogP contribution in [0.2, 0.25) is 0 Å². The molecule has 122 valence electrons. The Hall–Kier alpha value is -0.850. The minimum absolute atomic E-state index is 0.587. The summed E-state index contributed by atoms with van der Waals surface area (Å²) in [7, 11) is 0. The standard InChI is InChI=1S/C15H31N5O/c1-2-20-8-3-5-14(20)13-18-15(16)17-6-4-7-19-9-11-21-12-10-19/h14H,2-13H2,1H3,(H3,16,17,18). The molecule has 0 aliphatic carbocycles. The molecule has 0 saturated carbocycles. The normalized spacial score (nSPS) is 25.4. The second-order valence-corrected chi connectivity index (χ2v) is 5.88. The molecule has 0 bridgehead atoms. The van der Waals surface area contributed by atoms with Crippen LogP contribution in [0.1, 0.15) is 26.2 Å². The molecule has 2 aliphatic rings. The second kappa shape index (κ2) is 9.23. The van der Waals surface area contributed by atoms with E-state index in [-0.39, 0.29) is 0 Å². The number of hydrogen-bond donors (Lipinski definition) is 2. The van der Waals surface area contributed by atoms with Gasteiger partial charge in [-0.3, -0.25) is 14.8 Å². The number of aliphatic imine (C=N–C) groups is 1. The number of nitrogens with two attached hydrogens (primary N) is 1. The third-order valence-electron chi connectivity index (χ3n) is 4.44. The Labute approximate surface area is 128 Å². The van der Waals surface area contributed by atoms with Gasteiger partial charge >= 0.3 is 0 Å². The molecule has 21 heavy (non-hydrogen) atoms. The monoisotopic (exact) mass is 297 g/mol. The number of guanidine groups is 1. The fourth-order valence-electron chi connectivity index (χ4n) is 3.12. The highest BCUT2D eigenvalue weighted by Crippen LogP contribution is 2.16. The molecule has 0 spiro atoms. The summed E-state index contributed by atoms with van der Waals surface area (Å²) < 4.78 is 5.34. The molecule has 2 aliphatic heterocycles.